The number of carbonyl (C=O) groups excluding carboxylic acids is 3. The van der Waals surface area contributed by atoms with Crippen LogP contribution in [0.1, 0.15) is 44.7 Å². The highest BCUT2D eigenvalue weighted by Gasteiger charge is 2.37. The highest BCUT2D eigenvalue weighted by molar-refractivity contribution is 6.22. The van der Waals surface area contributed by atoms with Gasteiger partial charge in [-0.25, -0.2) is 4.98 Å². The van der Waals surface area contributed by atoms with Gasteiger partial charge in [0.25, 0.3) is 11.8 Å². The summed E-state index contributed by atoms with van der Waals surface area (Å²) in [5.41, 5.74) is 2.63. The summed E-state index contributed by atoms with van der Waals surface area (Å²) in [6.45, 7) is 4.64. The van der Waals surface area contributed by atoms with Crippen LogP contribution in [0.15, 0.2) is 36.5 Å². The Morgan fingerprint density at radius 3 is 2.55 bits per heavy atom. The number of imide groups is 1. The molecule has 0 atom stereocenters. The van der Waals surface area contributed by atoms with Crippen molar-refractivity contribution in [2.75, 3.05) is 19.6 Å². The van der Waals surface area contributed by atoms with Crippen LogP contribution in [0.25, 0.3) is 0 Å². The van der Waals surface area contributed by atoms with E-state index in [-0.39, 0.29) is 18.6 Å². The van der Waals surface area contributed by atoms with Crippen molar-refractivity contribution in [2.24, 2.45) is 0 Å². The monoisotopic (exact) mass is 393 g/mol. The molecule has 150 valence electrons. The van der Waals surface area contributed by atoms with Crippen LogP contribution in [0.4, 0.5) is 0 Å². The van der Waals surface area contributed by atoms with Crippen LogP contribution in [-0.2, 0) is 4.79 Å². The Bertz CT molecular complexity index is 980. The first-order chi connectivity index (χ1) is 13.9. The van der Waals surface area contributed by atoms with Gasteiger partial charge in [-0.05, 0) is 32.0 Å². The van der Waals surface area contributed by atoms with Gasteiger partial charge in [-0.3, -0.25) is 19.3 Å². The molecule has 4 rings (SSSR count). The van der Waals surface area contributed by atoms with E-state index < -0.39 is 11.8 Å². The smallest absolute Gasteiger partial charge is 0.262 e. The van der Waals surface area contributed by atoms with Gasteiger partial charge in [-0.15, -0.1) is 0 Å². The lowest BCUT2D eigenvalue weighted by atomic mass is 10.1. The number of aryl methyl sites for hydroxylation is 2. The zero-order valence-electron chi connectivity index (χ0n) is 16.6. The topological polar surface area (TPSA) is 79.8 Å². The molecule has 3 amide bonds. The average Bonchev–Trinajstić information content (AvgIpc) is 2.94. The van der Waals surface area contributed by atoms with E-state index in [0.717, 1.165) is 16.0 Å². The minimum absolute atomic E-state index is 0.00469. The predicted octanol–water partition coefficient (Wildman–Crippen LogP) is 2.36. The number of ether oxygens (including phenoxy) is 1. The SMILES string of the molecule is Cc1ccc2c(c1)C(=O)N(CC(=O)N1CCC(Oc3ncccc3C)CC1)C2=O. The fraction of sp³-hybridized carbons (Fsp3) is 0.364. The molecule has 1 saturated heterocycles. The van der Waals surface area contributed by atoms with Crippen molar-refractivity contribution < 1.29 is 19.1 Å². The van der Waals surface area contributed by atoms with Gasteiger partial charge in [-0.1, -0.05) is 17.7 Å². The Kier molecular flexibility index (Phi) is 5.05. The van der Waals surface area contributed by atoms with Crippen molar-refractivity contribution in [3.05, 3.63) is 58.8 Å². The number of fused-ring (bicyclic) bond motifs is 1. The zero-order chi connectivity index (χ0) is 20.5. The minimum Gasteiger partial charge on any atom is -0.474 e. The molecule has 0 spiro atoms. The molecule has 29 heavy (non-hydrogen) atoms. The molecule has 7 nitrogen and oxygen atoms in total. The predicted molar refractivity (Wildman–Crippen MR) is 106 cm³/mol. The van der Waals surface area contributed by atoms with E-state index in [2.05, 4.69) is 4.98 Å². The fourth-order valence-corrected chi connectivity index (χ4v) is 3.76. The van der Waals surface area contributed by atoms with Crippen molar-refractivity contribution in [3.63, 3.8) is 0 Å². The summed E-state index contributed by atoms with van der Waals surface area (Å²) >= 11 is 0. The largest absolute Gasteiger partial charge is 0.474 e. The van der Waals surface area contributed by atoms with Crippen molar-refractivity contribution in [1.82, 2.24) is 14.8 Å². The lowest BCUT2D eigenvalue weighted by Crippen LogP contribution is -2.47. The van der Waals surface area contributed by atoms with E-state index in [1.165, 1.54) is 0 Å². The molecule has 1 aromatic carbocycles. The summed E-state index contributed by atoms with van der Waals surface area (Å²) in [5, 5.41) is 0. The van der Waals surface area contributed by atoms with E-state index in [0.29, 0.717) is 42.9 Å². The van der Waals surface area contributed by atoms with E-state index in [1.807, 2.05) is 26.0 Å². The van der Waals surface area contributed by atoms with Gasteiger partial charge >= 0.3 is 0 Å². The second kappa shape index (κ2) is 7.66. The number of benzene rings is 1. The normalized spacial score (nSPS) is 16.9. The first-order valence-corrected chi connectivity index (χ1v) is 9.77. The van der Waals surface area contributed by atoms with Crippen LogP contribution in [0.2, 0.25) is 0 Å². The first-order valence-electron chi connectivity index (χ1n) is 9.77. The molecule has 3 heterocycles. The summed E-state index contributed by atoms with van der Waals surface area (Å²) in [6.07, 6.45) is 3.06. The van der Waals surface area contributed by atoms with Gasteiger partial charge in [0.05, 0.1) is 11.1 Å². The molecule has 0 aliphatic carbocycles. The van der Waals surface area contributed by atoms with Crippen LogP contribution in [0.3, 0.4) is 0 Å². The van der Waals surface area contributed by atoms with E-state index in [9.17, 15) is 14.4 Å². The number of aromatic nitrogens is 1. The molecule has 0 saturated carbocycles. The molecule has 0 unspecified atom stereocenters. The average molecular weight is 393 g/mol. The quantitative estimate of drug-likeness (QED) is 0.745. The molecule has 0 radical (unpaired) electrons. The molecule has 2 aliphatic rings. The van der Waals surface area contributed by atoms with Crippen molar-refractivity contribution >= 4 is 17.7 Å². The van der Waals surface area contributed by atoms with Crippen molar-refractivity contribution in [2.45, 2.75) is 32.8 Å². The third-order valence-electron chi connectivity index (χ3n) is 5.45. The number of likely N-dealkylation sites (tertiary alicyclic amines) is 1. The number of rotatable bonds is 4. The third kappa shape index (κ3) is 3.72. The zero-order valence-corrected chi connectivity index (χ0v) is 16.6. The third-order valence-corrected chi connectivity index (χ3v) is 5.45. The molecular weight excluding hydrogens is 370 g/mol. The highest BCUT2D eigenvalue weighted by atomic mass is 16.5. The van der Waals surface area contributed by atoms with Crippen molar-refractivity contribution in [3.8, 4) is 5.88 Å². The second-order valence-electron chi connectivity index (χ2n) is 7.57. The summed E-state index contributed by atoms with van der Waals surface area (Å²) in [6, 6.07) is 8.96. The Morgan fingerprint density at radius 1 is 1.10 bits per heavy atom. The molecule has 1 fully saturated rings. The Hall–Kier alpha value is -3.22. The summed E-state index contributed by atoms with van der Waals surface area (Å²) < 4.78 is 5.97. The van der Waals surface area contributed by atoms with Gasteiger partial charge in [0.2, 0.25) is 11.8 Å². The standard InChI is InChI=1S/C22H23N3O4/c1-14-5-6-17-18(12-14)22(28)25(21(17)27)13-19(26)24-10-7-16(8-11-24)29-20-15(2)4-3-9-23-20/h3-6,9,12,16H,7-8,10-11,13H2,1-2H3. The van der Waals surface area contributed by atoms with Crippen LogP contribution >= 0.6 is 0 Å². The van der Waals surface area contributed by atoms with Gasteiger partial charge in [-0.2, -0.15) is 0 Å². The van der Waals surface area contributed by atoms with E-state index in [1.54, 1.807) is 29.3 Å². The van der Waals surface area contributed by atoms with E-state index in [4.69, 9.17) is 4.74 Å². The lowest BCUT2D eigenvalue weighted by molar-refractivity contribution is -0.133. The minimum atomic E-state index is -0.401. The first kappa shape index (κ1) is 19.1. The summed E-state index contributed by atoms with van der Waals surface area (Å²) in [7, 11) is 0. The van der Waals surface area contributed by atoms with E-state index >= 15 is 0 Å². The Morgan fingerprint density at radius 2 is 1.83 bits per heavy atom. The fourth-order valence-electron chi connectivity index (χ4n) is 3.76. The molecule has 2 aliphatic heterocycles. The molecule has 1 aromatic heterocycles. The van der Waals surface area contributed by atoms with Crippen LogP contribution in [-0.4, -0.2) is 58.2 Å². The number of amides is 3. The summed E-state index contributed by atoms with van der Waals surface area (Å²) in [5.74, 6) is -0.393. The molecule has 2 aromatic rings. The second-order valence-corrected chi connectivity index (χ2v) is 7.57. The van der Waals surface area contributed by atoms with Gasteiger partial charge in [0.1, 0.15) is 12.6 Å². The van der Waals surface area contributed by atoms with Gasteiger partial charge in [0, 0.05) is 37.7 Å². The van der Waals surface area contributed by atoms with Gasteiger partial charge < -0.3 is 9.64 Å². The number of carbonyl (C=O) groups is 3. The maximum atomic E-state index is 12.7. The Labute approximate surface area is 169 Å². The highest BCUT2D eigenvalue weighted by Crippen LogP contribution is 2.25. The van der Waals surface area contributed by atoms with Crippen LogP contribution in [0.5, 0.6) is 5.88 Å². The maximum absolute atomic E-state index is 12.7. The lowest BCUT2D eigenvalue weighted by Gasteiger charge is -2.32. The maximum Gasteiger partial charge on any atom is 0.262 e. The molecule has 7 heteroatoms. The van der Waals surface area contributed by atoms with Crippen molar-refractivity contribution in [1.29, 1.82) is 0 Å². The molecular formula is C22H23N3O4. The van der Waals surface area contributed by atoms with Crippen LogP contribution < -0.4 is 4.74 Å². The summed E-state index contributed by atoms with van der Waals surface area (Å²) in [4.78, 5) is 44.8. The van der Waals surface area contributed by atoms with Gasteiger partial charge in [0.15, 0.2) is 0 Å². The number of hydrogen-bond acceptors (Lipinski definition) is 5. The number of hydrogen-bond donors (Lipinski definition) is 0. The molecule has 0 N–H and O–H groups in total. The number of pyridine rings is 1. The molecule has 0 bridgehead atoms. The number of piperidine rings is 1. The Balaban J connectivity index is 1.34. The van der Waals surface area contributed by atoms with Crippen LogP contribution in [0, 0.1) is 13.8 Å². The number of nitrogens with zero attached hydrogens (tertiary/aromatic N) is 3.